The van der Waals surface area contributed by atoms with E-state index in [0.29, 0.717) is 25.4 Å². The molecule has 0 bridgehead atoms. The molecule has 1 aliphatic rings. The molecule has 0 aliphatic carbocycles. The van der Waals surface area contributed by atoms with Crippen molar-refractivity contribution >= 4 is 10.0 Å². The van der Waals surface area contributed by atoms with Crippen LogP contribution in [0.4, 0.5) is 0 Å². The molecule has 1 atom stereocenters. The number of sulfonamides is 1. The van der Waals surface area contributed by atoms with Gasteiger partial charge in [0.15, 0.2) is 0 Å². The number of nitrogens with zero attached hydrogens (tertiary/aromatic N) is 1. The molecule has 6 nitrogen and oxygen atoms in total. The summed E-state index contributed by atoms with van der Waals surface area (Å²) in [5.41, 5.74) is 0. The molecule has 2 rings (SSSR count). The van der Waals surface area contributed by atoms with E-state index in [1.165, 1.54) is 12.8 Å². The van der Waals surface area contributed by atoms with Crippen LogP contribution in [-0.2, 0) is 16.4 Å². The first-order chi connectivity index (χ1) is 9.16. The maximum atomic E-state index is 11.8. The van der Waals surface area contributed by atoms with Crippen LogP contribution in [0.1, 0.15) is 31.5 Å². The average Bonchev–Trinajstić information content (AvgIpc) is 2.91. The van der Waals surface area contributed by atoms with Crippen LogP contribution in [0.25, 0.3) is 0 Å². The molecule has 0 saturated carbocycles. The predicted octanol–water partition coefficient (Wildman–Crippen LogP) is 0.404. The minimum atomic E-state index is -3.17. The third-order valence-electron chi connectivity index (χ3n) is 3.39. The van der Waals surface area contributed by atoms with Crippen molar-refractivity contribution in [3.63, 3.8) is 0 Å². The van der Waals surface area contributed by atoms with Gasteiger partial charge in [0.05, 0.1) is 5.75 Å². The van der Waals surface area contributed by atoms with Crippen molar-refractivity contribution < 1.29 is 8.42 Å². The maximum absolute atomic E-state index is 11.8. The summed E-state index contributed by atoms with van der Waals surface area (Å²) < 4.78 is 26.3. The Bertz CT molecular complexity index is 452. The molecule has 1 aromatic rings. The molecular weight excluding hydrogens is 264 g/mol. The van der Waals surface area contributed by atoms with Crippen LogP contribution in [-0.4, -0.2) is 43.3 Å². The molecule has 2 heterocycles. The molecule has 0 radical (unpaired) electrons. The normalized spacial score (nSPS) is 20.5. The predicted molar refractivity (Wildman–Crippen MR) is 74.3 cm³/mol. The molecular formula is C12H22N4O2S. The second-order valence-electron chi connectivity index (χ2n) is 4.93. The van der Waals surface area contributed by atoms with E-state index in [2.05, 4.69) is 20.0 Å². The van der Waals surface area contributed by atoms with Crippen LogP contribution >= 0.6 is 0 Å². The number of hydrogen-bond acceptors (Lipinski definition) is 4. The lowest BCUT2D eigenvalue weighted by Gasteiger charge is -2.23. The van der Waals surface area contributed by atoms with Crippen LogP contribution in [0.5, 0.6) is 0 Å². The van der Waals surface area contributed by atoms with Gasteiger partial charge in [0.2, 0.25) is 10.0 Å². The summed E-state index contributed by atoms with van der Waals surface area (Å²) in [6.45, 7) is 1.41. The summed E-state index contributed by atoms with van der Waals surface area (Å²) in [5, 5.41) is 3.36. The van der Waals surface area contributed by atoms with Gasteiger partial charge in [0.1, 0.15) is 5.82 Å². The molecule has 1 fully saturated rings. The molecule has 1 unspecified atom stereocenters. The molecule has 1 aromatic heterocycles. The highest BCUT2D eigenvalue weighted by molar-refractivity contribution is 7.89. The topological polar surface area (TPSA) is 86.9 Å². The van der Waals surface area contributed by atoms with Gasteiger partial charge in [0, 0.05) is 31.4 Å². The van der Waals surface area contributed by atoms with Gasteiger partial charge in [-0.2, -0.15) is 0 Å². The fourth-order valence-corrected chi connectivity index (χ4v) is 3.45. The van der Waals surface area contributed by atoms with Crippen molar-refractivity contribution in [2.75, 3.05) is 18.8 Å². The summed E-state index contributed by atoms with van der Waals surface area (Å²) in [7, 11) is -3.17. The van der Waals surface area contributed by atoms with Crippen molar-refractivity contribution in [3.05, 3.63) is 18.2 Å². The zero-order chi connectivity index (χ0) is 13.6. The number of nitrogens with one attached hydrogen (secondary N) is 3. The fourth-order valence-electron chi connectivity index (χ4n) is 2.30. The van der Waals surface area contributed by atoms with Gasteiger partial charge in [-0.1, -0.05) is 6.42 Å². The Morgan fingerprint density at radius 1 is 1.42 bits per heavy atom. The van der Waals surface area contributed by atoms with Crippen LogP contribution in [0.2, 0.25) is 0 Å². The van der Waals surface area contributed by atoms with E-state index in [1.807, 2.05) is 0 Å². The lowest BCUT2D eigenvalue weighted by Crippen LogP contribution is -2.37. The standard InChI is InChI=1S/C12H22N4O2S/c17-19(18,10-5-11-3-1-2-6-13-11)16-7-4-12-14-8-9-15-12/h8-9,11,13,16H,1-7,10H2,(H,14,15). The van der Waals surface area contributed by atoms with Crippen LogP contribution in [0.3, 0.4) is 0 Å². The molecule has 108 valence electrons. The first kappa shape index (κ1) is 14.5. The Balaban J connectivity index is 1.66. The monoisotopic (exact) mass is 286 g/mol. The van der Waals surface area contributed by atoms with E-state index in [4.69, 9.17) is 0 Å². The number of H-pyrrole nitrogens is 1. The van der Waals surface area contributed by atoms with Gasteiger partial charge in [-0.05, 0) is 25.8 Å². The van der Waals surface area contributed by atoms with E-state index in [0.717, 1.165) is 18.8 Å². The fraction of sp³-hybridized carbons (Fsp3) is 0.750. The Hall–Kier alpha value is -0.920. The Labute approximate surface area is 114 Å². The molecule has 3 N–H and O–H groups in total. The molecule has 0 aromatic carbocycles. The SMILES string of the molecule is O=S(=O)(CCC1CCCCN1)NCCc1ncc[nH]1. The third-order valence-corrected chi connectivity index (χ3v) is 4.80. The second kappa shape index (κ2) is 7.02. The van der Waals surface area contributed by atoms with E-state index in [-0.39, 0.29) is 5.75 Å². The van der Waals surface area contributed by atoms with Crippen LogP contribution in [0.15, 0.2) is 12.4 Å². The van der Waals surface area contributed by atoms with Crippen molar-refractivity contribution in [1.29, 1.82) is 0 Å². The summed E-state index contributed by atoms with van der Waals surface area (Å²) in [5.74, 6) is 1.000. The number of piperidine rings is 1. The van der Waals surface area contributed by atoms with E-state index in [1.54, 1.807) is 12.4 Å². The number of aromatic amines is 1. The molecule has 1 saturated heterocycles. The van der Waals surface area contributed by atoms with Gasteiger partial charge in [-0.25, -0.2) is 18.1 Å². The quantitative estimate of drug-likeness (QED) is 0.677. The Morgan fingerprint density at radius 3 is 3.00 bits per heavy atom. The van der Waals surface area contributed by atoms with Crippen LogP contribution < -0.4 is 10.0 Å². The zero-order valence-corrected chi connectivity index (χ0v) is 11.9. The van der Waals surface area contributed by atoms with E-state index in [9.17, 15) is 8.42 Å². The highest BCUT2D eigenvalue weighted by atomic mass is 32.2. The van der Waals surface area contributed by atoms with Crippen molar-refractivity contribution in [2.45, 2.75) is 38.1 Å². The first-order valence-electron chi connectivity index (χ1n) is 6.85. The zero-order valence-electron chi connectivity index (χ0n) is 11.1. The van der Waals surface area contributed by atoms with Gasteiger partial charge < -0.3 is 10.3 Å². The summed E-state index contributed by atoms with van der Waals surface area (Å²) in [6.07, 6.45) is 8.16. The van der Waals surface area contributed by atoms with E-state index < -0.39 is 10.0 Å². The molecule has 7 heteroatoms. The van der Waals surface area contributed by atoms with Crippen molar-refractivity contribution in [3.8, 4) is 0 Å². The molecule has 1 aliphatic heterocycles. The maximum Gasteiger partial charge on any atom is 0.211 e. The van der Waals surface area contributed by atoms with Crippen molar-refractivity contribution in [1.82, 2.24) is 20.0 Å². The smallest absolute Gasteiger partial charge is 0.211 e. The van der Waals surface area contributed by atoms with Gasteiger partial charge in [-0.15, -0.1) is 0 Å². The average molecular weight is 286 g/mol. The number of rotatable bonds is 7. The lowest BCUT2D eigenvalue weighted by atomic mass is 10.0. The highest BCUT2D eigenvalue weighted by Gasteiger charge is 2.17. The number of imidazole rings is 1. The van der Waals surface area contributed by atoms with Crippen LogP contribution in [0, 0.1) is 0 Å². The Kier molecular flexibility index (Phi) is 5.35. The molecule has 0 amide bonds. The highest BCUT2D eigenvalue weighted by Crippen LogP contribution is 2.10. The lowest BCUT2D eigenvalue weighted by molar-refractivity contribution is 0.392. The first-order valence-corrected chi connectivity index (χ1v) is 8.50. The Morgan fingerprint density at radius 2 is 2.32 bits per heavy atom. The summed E-state index contributed by atoms with van der Waals surface area (Å²) in [4.78, 5) is 7.01. The minimum absolute atomic E-state index is 0.197. The number of hydrogen-bond donors (Lipinski definition) is 3. The molecule has 19 heavy (non-hydrogen) atoms. The summed E-state index contributed by atoms with van der Waals surface area (Å²) >= 11 is 0. The number of aromatic nitrogens is 2. The largest absolute Gasteiger partial charge is 0.349 e. The van der Waals surface area contributed by atoms with Crippen molar-refractivity contribution in [2.24, 2.45) is 0 Å². The van der Waals surface area contributed by atoms with Gasteiger partial charge in [0.25, 0.3) is 0 Å². The van der Waals surface area contributed by atoms with E-state index >= 15 is 0 Å². The van der Waals surface area contributed by atoms with Gasteiger partial charge >= 0.3 is 0 Å². The minimum Gasteiger partial charge on any atom is -0.349 e. The van der Waals surface area contributed by atoms with Gasteiger partial charge in [-0.3, -0.25) is 0 Å². The second-order valence-corrected chi connectivity index (χ2v) is 6.86. The summed E-state index contributed by atoms with van der Waals surface area (Å²) in [6, 6.07) is 0.357. The molecule has 0 spiro atoms. The third kappa shape index (κ3) is 5.30.